The van der Waals surface area contributed by atoms with Crippen molar-refractivity contribution in [3.05, 3.63) is 0 Å². The molecule has 0 aromatic heterocycles. The van der Waals surface area contributed by atoms with E-state index < -0.39 is 0 Å². The molecule has 2 aliphatic rings. The van der Waals surface area contributed by atoms with Crippen molar-refractivity contribution in [2.24, 2.45) is 11.3 Å². The minimum atomic E-state index is -0.116. The topological polar surface area (TPSA) is 41.1 Å². The standard InChI is InChI=1S/C15H28N2O/c1-14(2,3)17-13(18)15(7-9-16-10-8-15)11-12-5-4-6-12/h12,16H,4-11H2,1-3H3,(H,17,18). The average molecular weight is 252 g/mol. The fourth-order valence-electron chi connectivity index (χ4n) is 3.15. The van der Waals surface area contributed by atoms with Gasteiger partial charge in [0.05, 0.1) is 5.41 Å². The van der Waals surface area contributed by atoms with Crippen LogP contribution in [0.3, 0.4) is 0 Å². The van der Waals surface area contributed by atoms with Gasteiger partial charge in [0, 0.05) is 5.54 Å². The van der Waals surface area contributed by atoms with Crippen LogP contribution in [0.15, 0.2) is 0 Å². The van der Waals surface area contributed by atoms with Crippen LogP contribution in [-0.2, 0) is 4.79 Å². The predicted molar refractivity (Wildman–Crippen MR) is 74.4 cm³/mol. The summed E-state index contributed by atoms with van der Waals surface area (Å²) in [5, 5.41) is 6.60. The van der Waals surface area contributed by atoms with Crippen molar-refractivity contribution in [3.8, 4) is 0 Å². The van der Waals surface area contributed by atoms with Crippen LogP contribution in [0.2, 0.25) is 0 Å². The SMILES string of the molecule is CC(C)(C)NC(=O)C1(CC2CCC2)CCNCC1. The quantitative estimate of drug-likeness (QED) is 0.810. The van der Waals surface area contributed by atoms with Gasteiger partial charge in [-0.2, -0.15) is 0 Å². The van der Waals surface area contributed by atoms with Crippen molar-refractivity contribution >= 4 is 5.91 Å². The van der Waals surface area contributed by atoms with E-state index in [1.54, 1.807) is 0 Å². The zero-order valence-corrected chi connectivity index (χ0v) is 12.1. The first-order valence-electron chi connectivity index (χ1n) is 7.45. The molecule has 0 aromatic carbocycles. The molecule has 1 heterocycles. The molecule has 104 valence electrons. The molecule has 0 bridgehead atoms. The number of rotatable bonds is 3. The van der Waals surface area contributed by atoms with Crippen LogP contribution in [0.5, 0.6) is 0 Å². The Kier molecular flexibility index (Phi) is 4.00. The summed E-state index contributed by atoms with van der Waals surface area (Å²) in [6.07, 6.45) is 7.14. The number of carbonyl (C=O) groups excluding carboxylic acids is 1. The van der Waals surface area contributed by atoms with Gasteiger partial charge >= 0.3 is 0 Å². The van der Waals surface area contributed by atoms with Gasteiger partial charge in [-0.25, -0.2) is 0 Å². The Morgan fingerprint density at radius 2 is 1.89 bits per heavy atom. The Morgan fingerprint density at radius 1 is 1.28 bits per heavy atom. The largest absolute Gasteiger partial charge is 0.351 e. The predicted octanol–water partition coefficient (Wildman–Crippen LogP) is 2.46. The van der Waals surface area contributed by atoms with Gasteiger partial charge in [-0.05, 0) is 59.0 Å². The summed E-state index contributed by atoms with van der Waals surface area (Å²) in [6, 6.07) is 0. The van der Waals surface area contributed by atoms with Crippen LogP contribution in [0.1, 0.15) is 59.3 Å². The summed E-state index contributed by atoms with van der Waals surface area (Å²) in [5.41, 5.74) is -0.210. The highest BCUT2D eigenvalue weighted by atomic mass is 16.2. The summed E-state index contributed by atoms with van der Waals surface area (Å²) in [4.78, 5) is 12.7. The Balaban J connectivity index is 2.05. The molecule has 2 rings (SSSR count). The van der Waals surface area contributed by atoms with Gasteiger partial charge in [0.25, 0.3) is 0 Å². The number of piperidine rings is 1. The van der Waals surface area contributed by atoms with E-state index in [1.165, 1.54) is 19.3 Å². The van der Waals surface area contributed by atoms with E-state index in [9.17, 15) is 4.79 Å². The van der Waals surface area contributed by atoms with E-state index in [1.807, 2.05) is 0 Å². The zero-order chi connectivity index (χ0) is 13.2. The highest BCUT2D eigenvalue weighted by Crippen LogP contribution is 2.42. The van der Waals surface area contributed by atoms with E-state index >= 15 is 0 Å². The van der Waals surface area contributed by atoms with E-state index in [0.29, 0.717) is 5.91 Å². The number of hydrogen-bond donors (Lipinski definition) is 2. The van der Waals surface area contributed by atoms with Crippen LogP contribution in [0.4, 0.5) is 0 Å². The minimum absolute atomic E-state index is 0.0936. The third-order valence-electron chi connectivity index (χ3n) is 4.44. The summed E-state index contributed by atoms with van der Waals surface area (Å²) in [6.45, 7) is 8.20. The van der Waals surface area contributed by atoms with Gasteiger partial charge in [0.2, 0.25) is 5.91 Å². The van der Waals surface area contributed by atoms with Crippen molar-refractivity contribution in [1.82, 2.24) is 10.6 Å². The van der Waals surface area contributed by atoms with Gasteiger partial charge in [-0.1, -0.05) is 19.3 Å². The van der Waals surface area contributed by atoms with Crippen LogP contribution < -0.4 is 10.6 Å². The first-order chi connectivity index (χ1) is 8.41. The van der Waals surface area contributed by atoms with Crippen LogP contribution in [-0.4, -0.2) is 24.5 Å². The fourth-order valence-corrected chi connectivity index (χ4v) is 3.15. The molecular weight excluding hydrogens is 224 g/mol. The molecule has 0 spiro atoms. The molecular formula is C15H28N2O. The molecule has 1 amide bonds. The van der Waals surface area contributed by atoms with Crippen molar-refractivity contribution < 1.29 is 4.79 Å². The van der Waals surface area contributed by atoms with Crippen LogP contribution in [0.25, 0.3) is 0 Å². The number of carbonyl (C=O) groups is 1. The van der Waals surface area contributed by atoms with Crippen LogP contribution in [0, 0.1) is 11.3 Å². The molecule has 1 aliphatic heterocycles. The summed E-state index contributed by atoms with van der Waals surface area (Å²) in [7, 11) is 0. The lowest BCUT2D eigenvalue weighted by Gasteiger charge is -2.42. The van der Waals surface area contributed by atoms with E-state index in [0.717, 1.165) is 38.3 Å². The van der Waals surface area contributed by atoms with Crippen molar-refractivity contribution in [2.75, 3.05) is 13.1 Å². The lowest BCUT2D eigenvalue weighted by Crippen LogP contribution is -2.53. The summed E-state index contributed by atoms with van der Waals surface area (Å²) in [5.74, 6) is 1.09. The monoisotopic (exact) mass is 252 g/mol. The summed E-state index contributed by atoms with van der Waals surface area (Å²) < 4.78 is 0. The fraction of sp³-hybridized carbons (Fsp3) is 0.933. The molecule has 1 saturated heterocycles. The van der Waals surface area contributed by atoms with Crippen molar-refractivity contribution in [3.63, 3.8) is 0 Å². The molecule has 0 unspecified atom stereocenters. The van der Waals surface area contributed by atoms with E-state index in [2.05, 4.69) is 31.4 Å². The second kappa shape index (κ2) is 5.20. The Bertz CT molecular complexity index is 296. The molecule has 2 N–H and O–H groups in total. The zero-order valence-electron chi connectivity index (χ0n) is 12.1. The molecule has 18 heavy (non-hydrogen) atoms. The number of hydrogen-bond acceptors (Lipinski definition) is 2. The average Bonchev–Trinajstić information content (AvgIpc) is 2.22. The van der Waals surface area contributed by atoms with Gasteiger partial charge in [-0.3, -0.25) is 4.79 Å². The second-order valence-electron chi connectivity index (χ2n) is 7.24. The first-order valence-corrected chi connectivity index (χ1v) is 7.45. The maximum absolute atomic E-state index is 12.7. The minimum Gasteiger partial charge on any atom is -0.351 e. The Labute approximate surface area is 111 Å². The molecule has 0 aromatic rings. The number of nitrogens with one attached hydrogen (secondary N) is 2. The van der Waals surface area contributed by atoms with E-state index in [4.69, 9.17) is 0 Å². The number of amides is 1. The Morgan fingerprint density at radius 3 is 2.33 bits per heavy atom. The maximum atomic E-state index is 12.7. The third kappa shape index (κ3) is 3.25. The molecule has 1 aliphatic carbocycles. The lowest BCUT2D eigenvalue weighted by atomic mass is 9.67. The molecule has 3 heteroatoms. The van der Waals surface area contributed by atoms with Gasteiger partial charge in [-0.15, -0.1) is 0 Å². The third-order valence-corrected chi connectivity index (χ3v) is 4.44. The smallest absolute Gasteiger partial charge is 0.226 e. The highest BCUT2D eigenvalue weighted by molar-refractivity contribution is 5.83. The first kappa shape index (κ1) is 13.9. The van der Waals surface area contributed by atoms with Crippen molar-refractivity contribution in [2.45, 2.75) is 64.8 Å². The molecule has 3 nitrogen and oxygen atoms in total. The van der Waals surface area contributed by atoms with E-state index in [-0.39, 0.29) is 11.0 Å². The maximum Gasteiger partial charge on any atom is 0.226 e. The molecule has 0 atom stereocenters. The highest BCUT2D eigenvalue weighted by Gasteiger charge is 2.43. The molecule has 2 fully saturated rings. The lowest BCUT2D eigenvalue weighted by molar-refractivity contribution is -0.136. The Hall–Kier alpha value is -0.570. The van der Waals surface area contributed by atoms with Crippen LogP contribution >= 0.6 is 0 Å². The molecule has 1 saturated carbocycles. The van der Waals surface area contributed by atoms with Gasteiger partial charge in [0.15, 0.2) is 0 Å². The van der Waals surface area contributed by atoms with Gasteiger partial charge in [0.1, 0.15) is 0 Å². The van der Waals surface area contributed by atoms with Crippen molar-refractivity contribution in [1.29, 1.82) is 0 Å². The molecule has 0 radical (unpaired) electrons. The summed E-state index contributed by atoms with van der Waals surface area (Å²) >= 11 is 0. The second-order valence-corrected chi connectivity index (χ2v) is 7.24. The van der Waals surface area contributed by atoms with Gasteiger partial charge < -0.3 is 10.6 Å². The normalized spacial score (nSPS) is 24.4.